The highest BCUT2D eigenvalue weighted by molar-refractivity contribution is 5.96. The first-order valence-electron chi connectivity index (χ1n) is 9.09. The van der Waals surface area contributed by atoms with Crippen LogP contribution in [-0.2, 0) is 9.47 Å². The van der Waals surface area contributed by atoms with Gasteiger partial charge in [-0.25, -0.2) is 9.78 Å². The van der Waals surface area contributed by atoms with Crippen molar-refractivity contribution in [3.05, 3.63) is 23.9 Å². The zero-order valence-electron chi connectivity index (χ0n) is 15.0. The van der Waals surface area contributed by atoms with Crippen molar-refractivity contribution in [3.8, 4) is 5.88 Å². The summed E-state index contributed by atoms with van der Waals surface area (Å²) in [5.41, 5.74) is 0.423. The molecule has 1 N–H and O–H groups in total. The van der Waals surface area contributed by atoms with Crippen LogP contribution in [-0.4, -0.2) is 66.9 Å². The van der Waals surface area contributed by atoms with Crippen LogP contribution in [0.4, 0.5) is 4.79 Å². The lowest BCUT2D eigenvalue weighted by Gasteiger charge is -2.31. The largest absolute Gasteiger partial charge is 0.471 e. The van der Waals surface area contributed by atoms with E-state index in [1.165, 1.54) is 0 Å². The minimum atomic E-state index is -0.293. The van der Waals surface area contributed by atoms with Crippen LogP contribution in [0.5, 0.6) is 5.88 Å². The van der Waals surface area contributed by atoms with Gasteiger partial charge in [-0.15, -0.1) is 0 Å². The Balaban J connectivity index is 1.55. The van der Waals surface area contributed by atoms with Crippen molar-refractivity contribution in [3.63, 3.8) is 0 Å². The number of likely N-dealkylation sites (tertiary alicyclic amines) is 1. The van der Waals surface area contributed by atoms with Gasteiger partial charge in [-0.3, -0.25) is 4.79 Å². The Morgan fingerprint density at radius 1 is 1.35 bits per heavy atom. The topological polar surface area (TPSA) is 90.0 Å². The fourth-order valence-electron chi connectivity index (χ4n) is 3.11. The molecule has 0 spiro atoms. The molecule has 142 valence electrons. The smallest absolute Gasteiger partial charge is 0.409 e. The molecule has 0 aromatic carbocycles. The SMILES string of the molecule is CCOC(=O)N1CCC(NC(=O)c2cccnc2O[C@H]2CCOC2)CC1. The minimum absolute atomic E-state index is 0.0102. The standard InChI is InChI=1S/C18H25N3O5/c1-2-25-18(23)21-9-5-13(6-10-21)20-16(22)15-4-3-8-19-17(15)26-14-7-11-24-12-14/h3-4,8,13-14H,2,5-7,9-12H2,1H3,(H,20,22)/t14-/m0/s1. The summed E-state index contributed by atoms with van der Waals surface area (Å²) in [5.74, 6) is 0.131. The Labute approximate surface area is 152 Å². The van der Waals surface area contributed by atoms with Crippen molar-refractivity contribution < 1.29 is 23.8 Å². The lowest BCUT2D eigenvalue weighted by Crippen LogP contribution is -2.46. The van der Waals surface area contributed by atoms with E-state index in [0.29, 0.717) is 57.2 Å². The molecule has 2 fully saturated rings. The van der Waals surface area contributed by atoms with E-state index in [1.54, 1.807) is 30.2 Å². The van der Waals surface area contributed by atoms with Gasteiger partial charge in [0, 0.05) is 31.7 Å². The predicted molar refractivity (Wildman–Crippen MR) is 93.2 cm³/mol. The zero-order valence-corrected chi connectivity index (χ0v) is 15.0. The van der Waals surface area contributed by atoms with Crippen molar-refractivity contribution in [2.24, 2.45) is 0 Å². The van der Waals surface area contributed by atoms with Crippen LogP contribution >= 0.6 is 0 Å². The molecule has 0 aliphatic carbocycles. The van der Waals surface area contributed by atoms with Gasteiger partial charge in [0.2, 0.25) is 5.88 Å². The summed E-state index contributed by atoms with van der Waals surface area (Å²) in [6.07, 6.45) is 3.43. The maximum absolute atomic E-state index is 12.7. The summed E-state index contributed by atoms with van der Waals surface area (Å²) in [4.78, 5) is 30.3. The number of amides is 2. The quantitative estimate of drug-likeness (QED) is 0.855. The van der Waals surface area contributed by atoms with Gasteiger partial charge in [-0.05, 0) is 31.9 Å². The predicted octanol–water partition coefficient (Wildman–Crippen LogP) is 1.60. The average Bonchev–Trinajstić information content (AvgIpc) is 3.16. The van der Waals surface area contributed by atoms with E-state index in [0.717, 1.165) is 6.42 Å². The van der Waals surface area contributed by atoms with Gasteiger partial charge in [0.05, 0.1) is 19.8 Å². The Kier molecular flexibility index (Phi) is 6.27. The first-order valence-corrected chi connectivity index (χ1v) is 9.09. The highest BCUT2D eigenvalue weighted by Crippen LogP contribution is 2.20. The van der Waals surface area contributed by atoms with E-state index < -0.39 is 0 Å². The average molecular weight is 363 g/mol. The van der Waals surface area contributed by atoms with Crippen LogP contribution in [0.25, 0.3) is 0 Å². The number of aromatic nitrogens is 1. The van der Waals surface area contributed by atoms with Gasteiger partial charge in [0.1, 0.15) is 11.7 Å². The molecule has 1 aromatic rings. The van der Waals surface area contributed by atoms with Gasteiger partial charge in [-0.1, -0.05) is 0 Å². The molecule has 8 nitrogen and oxygen atoms in total. The number of nitrogens with zero attached hydrogens (tertiary/aromatic N) is 2. The van der Waals surface area contributed by atoms with Crippen molar-refractivity contribution in [2.45, 2.75) is 38.3 Å². The molecule has 0 bridgehead atoms. The number of nitrogens with one attached hydrogen (secondary N) is 1. The second-order valence-electron chi connectivity index (χ2n) is 6.39. The summed E-state index contributed by atoms with van der Waals surface area (Å²) < 4.78 is 16.1. The van der Waals surface area contributed by atoms with E-state index in [-0.39, 0.29) is 24.1 Å². The summed E-state index contributed by atoms with van der Waals surface area (Å²) in [5, 5.41) is 3.02. The third-order valence-corrected chi connectivity index (χ3v) is 4.54. The normalized spacial score (nSPS) is 20.7. The Morgan fingerprint density at radius 2 is 2.15 bits per heavy atom. The Morgan fingerprint density at radius 3 is 2.85 bits per heavy atom. The molecule has 0 radical (unpaired) electrons. The summed E-state index contributed by atoms with van der Waals surface area (Å²) >= 11 is 0. The molecule has 2 aliphatic rings. The third-order valence-electron chi connectivity index (χ3n) is 4.54. The first-order chi connectivity index (χ1) is 12.7. The van der Waals surface area contributed by atoms with Crippen molar-refractivity contribution in [1.29, 1.82) is 0 Å². The molecule has 0 unspecified atom stereocenters. The van der Waals surface area contributed by atoms with Crippen molar-refractivity contribution in [2.75, 3.05) is 32.9 Å². The molecular formula is C18H25N3O5. The highest BCUT2D eigenvalue weighted by atomic mass is 16.6. The number of carbonyl (C=O) groups excluding carboxylic acids is 2. The number of ether oxygens (including phenoxy) is 3. The van der Waals surface area contributed by atoms with Crippen LogP contribution in [0.3, 0.4) is 0 Å². The van der Waals surface area contributed by atoms with Crippen molar-refractivity contribution in [1.82, 2.24) is 15.2 Å². The van der Waals surface area contributed by atoms with Gasteiger partial charge in [0.25, 0.3) is 5.91 Å². The molecule has 1 atom stereocenters. The van der Waals surface area contributed by atoms with E-state index in [4.69, 9.17) is 14.2 Å². The maximum atomic E-state index is 12.7. The number of carbonyl (C=O) groups is 2. The molecule has 0 saturated carbocycles. The van der Waals surface area contributed by atoms with Crippen LogP contribution in [0.15, 0.2) is 18.3 Å². The van der Waals surface area contributed by atoms with Gasteiger partial charge in [-0.2, -0.15) is 0 Å². The van der Waals surface area contributed by atoms with Crippen LogP contribution in [0, 0.1) is 0 Å². The Bertz CT molecular complexity index is 625. The number of piperidine rings is 1. The van der Waals surface area contributed by atoms with Gasteiger partial charge in [0.15, 0.2) is 0 Å². The molecule has 3 rings (SSSR count). The third kappa shape index (κ3) is 4.63. The molecule has 8 heteroatoms. The monoisotopic (exact) mass is 363 g/mol. The van der Waals surface area contributed by atoms with Gasteiger partial charge < -0.3 is 24.4 Å². The molecular weight excluding hydrogens is 338 g/mol. The molecule has 3 heterocycles. The van der Waals surface area contributed by atoms with E-state index in [1.807, 2.05) is 0 Å². The fourth-order valence-corrected chi connectivity index (χ4v) is 3.11. The number of hydrogen-bond donors (Lipinski definition) is 1. The molecule has 26 heavy (non-hydrogen) atoms. The second kappa shape index (κ2) is 8.84. The maximum Gasteiger partial charge on any atom is 0.409 e. The fraction of sp³-hybridized carbons (Fsp3) is 0.611. The van der Waals surface area contributed by atoms with Crippen LogP contribution < -0.4 is 10.1 Å². The highest BCUT2D eigenvalue weighted by Gasteiger charge is 2.26. The summed E-state index contributed by atoms with van der Waals surface area (Å²) in [6, 6.07) is 3.44. The second-order valence-corrected chi connectivity index (χ2v) is 6.39. The molecule has 1 aromatic heterocycles. The molecule has 2 amide bonds. The number of rotatable bonds is 5. The number of pyridine rings is 1. The molecule has 2 aliphatic heterocycles. The Hall–Kier alpha value is -2.35. The summed E-state index contributed by atoms with van der Waals surface area (Å²) in [7, 11) is 0. The zero-order chi connectivity index (χ0) is 18.4. The van der Waals surface area contributed by atoms with Gasteiger partial charge >= 0.3 is 6.09 Å². The lowest BCUT2D eigenvalue weighted by molar-refractivity contribution is 0.0852. The van der Waals surface area contributed by atoms with Crippen LogP contribution in [0.1, 0.15) is 36.5 Å². The first kappa shape index (κ1) is 18.4. The van der Waals surface area contributed by atoms with Crippen molar-refractivity contribution >= 4 is 12.0 Å². The van der Waals surface area contributed by atoms with E-state index in [9.17, 15) is 9.59 Å². The summed E-state index contributed by atoms with van der Waals surface area (Å²) in [6.45, 7) is 4.47. The van der Waals surface area contributed by atoms with Crippen LogP contribution in [0.2, 0.25) is 0 Å². The molecule has 2 saturated heterocycles. The van der Waals surface area contributed by atoms with E-state index >= 15 is 0 Å². The number of hydrogen-bond acceptors (Lipinski definition) is 6. The van der Waals surface area contributed by atoms with E-state index in [2.05, 4.69) is 10.3 Å². The minimum Gasteiger partial charge on any atom is -0.471 e. The lowest BCUT2D eigenvalue weighted by atomic mass is 10.0.